The molecule has 2 nitrogen and oxygen atoms in total. The Balaban J connectivity index is 2.15. The maximum absolute atomic E-state index is 12.7. The van der Waals surface area contributed by atoms with Gasteiger partial charge in [0.05, 0.1) is 5.02 Å². The van der Waals surface area contributed by atoms with Gasteiger partial charge in [-0.2, -0.15) is 0 Å². The summed E-state index contributed by atoms with van der Waals surface area (Å²) in [6.45, 7) is 3.91. The van der Waals surface area contributed by atoms with Crippen molar-refractivity contribution in [2.24, 2.45) is 0 Å². The molecule has 0 atom stereocenters. The molecule has 0 aliphatic heterocycles. The van der Waals surface area contributed by atoms with Crippen LogP contribution < -0.4 is 0 Å². The molecule has 0 amide bonds. The lowest BCUT2D eigenvalue weighted by molar-refractivity contribution is 0.101. The summed E-state index contributed by atoms with van der Waals surface area (Å²) in [5, 5.41) is 1.37. The molecule has 3 rings (SSSR count). The fourth-order valence-corrected chi connectivity index (χ4v) is 3.11. The molecule has 1 aromatic heterocycles. The van der Waals surface area contributed by atoms with E-state index in [1.54, 1.807) is 18.2 Å². The first-order valence-electron chi connectivity index (χ1n) is 6.47. The van der Waals surface area contributed by atoms with Crippen molar-refractivity contribution in [1.82, 2.24) is 0 Å². The Morgan fingerprint density at radius 1 is 1.14 bits per heavy atom. The summed E-state index contributed by atoms with van der Waals surface area (Å²) >= 11 is 9.49. The normalized spacial score (nSPS) is 11.0. The summed E-state index contributed by atoms with van der Waals surface area (Å²) in [6, 6.07) is 11.1. The maximum atomic E-state index is 12.7. The number of carbonyl (C=O) groups is 1. The number of carbonyl (C=O) groups excluding carboxylic acids is 1. The minimum Gasteiger partial charge on any atom is -0.452 e. The molecule has 0 unspecified atom stereocenters. The van der Waals surface area contributed by atoms with Gasteiger partial charge in [0.25, 0.3) is 0 Å². The fourth-order valence-electron chi connectivity index (χ4n) is 2.35. The second-order valence-corrected chi connectivity index (χ2v) is 6.33. The number of hydrogen-bond acceptors (Lipinski definition) is 2. The molecule has 0 fully saturated rings. The van der Waals surface area contributed by atoms with Gasteiger partial charge >= 0.3 is 0 Å². The van der Waals surface area contributed by atoms with Gasteiger partial charge in [0.2, 0.25) is 5.78 Å². The molecule has 1 heterocycles. The van der Waals surface area contributed by atoms with Crippen molar-refractivity contribution in [2.45, 2.75) is 13.8 Å². The molecule has 0 spiro atoms. The van der Waals surface area contributed by atoms with Crippen LogP contribution in [0.25, 0.3) is 11.0 Å². The Bertz CT molecular complexity index is 865. The number of furan rings is 1. The van der Waals surface area contributed by atoms with Gasteiger partial charge in [-0.15, -0.1) is 0 Å². The maximum Gasteiger partial charge on any atom is 0.229 e. The van der Waals surface area contributed by atoms with E-state index in [0.717, 1.165) is 26.6 Å². The lowest BCUT2D eigenvalue weighted by Crippen LogP contribution is -2.02. The number of halogens is 2. The molecule has 21 heavy (non-hydrogen) atoms. The molecule has 106 valence electrons. The second-order valence-electron chi connectivity index (χ2n) is 5.01. The largest absolute Gasteiger partial charge is 0.452 e. The van der Waals surface area contributed by atoms with Crippen LogP contribution in [0.2, 0.25) is 5.02 Å². The van der Waals surface area contributed by atoms with Crippen molar-refractivity contribution in [3.05, 3.63) is 68.3 Å². The lowest BCUT2D eigenvalue weighted by Gasteiger charge is -2.02. The summed E-state index contributed by atoms with van der Waals surface area (Å²) in [5.74, 6) is 0.152. The van der Waals surface area contributed by atoms with Crippen molar-refractivity contribution in [2.75, 3.05) is 0 Å². The van der Waals surface area contributed by atoms with Crippen LogP contribution in [0, 0.1) is 13.8 Å². The first-order valence-corrected chi connectivity index (χ1v) is 7.64. The van der Waals surface area contributed by atoms with E-state index < -0.39 is 0 Å². The molecule has 0 aliphatic carbocycles. The van der Waals surface area contributed by atoms with Crippen LogP contribution in [-0.2, 0) is 0 Å². The smallest absolute Gasteiger partial charge is 0.229 e. The van der Waals surface area contributed by atoms with Gasteiger partial charge in [-0.25, -0.2) is 0 Å². The van der Waals surface area contributed by atoms with Crippen LogP contribution in [-0.4, -0.2) is 5.78 Å². The number of fused-ring (bicyclic) bond motifs is 1. The second kappa shape index (κ2) is 5.32. The molecule has 0 N–H and O–H groups in total. The van der Waals surface area contributed by atoms with E-state index in [1.807, 2.05) is 32.0 Å². The van der Waals surface area contributed by atoms with Gasteiger partial charge in [0, 0.05) is 21.0 Å². The third kappa shape index (κ3) is 2.52. The fraction of sp³-hybridized carbons (Fsp3) is 0.118. The van der Waals surface area contributed by atoms with E-state index in [-0.39, 0.29) is 5.78 Å². The van der Waals surface area contributed by atoms with Crippen molar-refractivity contribution >= 4 is 44.3 Å². The van der Waals surface area contributed by atoms with Gasteiger partial charge in [0.15, 0.2) is 5.76 Å². The van der Waals surface area contributed by atoms with Gasteiger partial charge in [0.1, 0.15) is 5.58 Å². The highest BCUT2D eigenvalue weighted by Crippen LogP contribution is 2.30. The average Bonchev–Trinajstić information content (AvgIpc) is 2.75. The van der Waals surface area contributed by atoms with E-state index in [0.29, 0.717) is 16.3 Å². The third-order valence-electron chi connectivity index (χ3n) is 3.47. The van der Waals surface area contributed by atoms with Crippen molar-refractivity contribution in [3.8, 4) is 0 Å². The summed E-state index contributed by atoms with van der Waals surface area (Å²) in [7, 11) is 0. The van der Waals surface area contributed by atoms with Crippen LogP contribution in [0.4, 0.5) is 0 Å². The Hall–Kier alpha value is -1.58. The minimum atomic E-state index is -0.196. The van der Waals surface area contributed by atoms with Crippen molar-refractivity contribution < 1.29 is 9.21 Å². The summed E-state index contributed by atoms with van der Waals surface area (Å²) in [5.41, 5.74) is 3.14. The number of rotatable bonds is 2. The molecule has 0 radical (unpaired) electrons. The molecule has 0 saturated carbocycles. The first-order chi connectivity index (χ1) is 9.97. The van der Waals surface area contributed by atoms with Gasteiger partial charge in [-0.3, -0.25) is 4.79 Å². The molecule has 3 aromatic rings. The van der Waals surface area contributed by atoms with Crippen LogP contribution in [0.3, 0.4) is 0 Å². The number of ketones is 1. The molecular weight excluding hydrogens is 352 g/mol. The molecule has 2 aromatic carbocycles. The van der Waals surface area contributed by atoms with E-state index in [4.69, 9.17) is 16.0 Å². The molecule has 4 heteroatoms. The van der Waals surface area contributed by atoms with Gasteiger partial charge < -0.3 is 4.42 Å². The highest BCUT2D eigenvalue weighted by molar-refractivity contribution is 9.10. The Kier molecular flexibility index (Phi) is 3.64. The highest BCUT2D eigenvalue weighted by Gasteiger charge is 2.21. The predicted octanol–water partition coefficient (Wildman–Crippen LogP) is 5.70. The number of aryl methyl sites for hydroxylation is 2. The lowest BCUT2D eigenvalue weighted by atomic mass is 10.0. The van der Waals surface area contributed by atoms with Crippen LogP contribution in [0.15, 0.2) is 45.3 Å². The SMILES string of the molecule is Cc1ccc2oc(C(=O)c3ccc(Br)cc3Cl)c(C)c2c1. The molecule has 0 saturated heterocycles. The third-order valence-corrected chi connectivity index (χ3v) is 4.28. The zero-order chi connectivity index (χ0) is 15.1. The Morgan fingerprint density at radius 3 is 2.62 bits per heavy atom. The zero-order valence-corrected chi connectivity index (χ0v) is 13.9. The van der Waals surface area contributed by atoms with Crippen molar-refractivity contribution in [3.63, 3.8) is 0 Å². The monoisotopic (exact) mass is 362 g/mol. The number of hydrogen-bond donors (Lipinski definition) is 0. The Morgan fingerprint density at radius 2 is 1.90 bits per heavy atom. The summed E-state index contributed by atoms with van der Waals surface area (Å²) in [4.78, 5) is 12.7. The van der Waals surface area contributed by atoms with Crippen molar-refractivity contribution in [1.29, 1.82) is 0 Å². The topological polar surface area (TPSA) is 30.2 Å². The first kappa shape index (κ1) is 14.4. The zero-order valence-electron chi connectivity index (χ0n) is 11.5. The highest BCUT2D eigenvalue weighted by atomic mass is 79.9. The standard InChI is InChI=1S/C17H12BrClO2/c1-9-3-6-15-13(7-9)10(2)17(21-15)16(20)12-5-4-11(18)8-14(12)19/h3-8H,1-2H3. The predicted molar refractivity (Wildman–Crippen MR) is 88.3 cm³/mol. The van der Waals surface area contributed by atoms with E-state index >= 15 is 0 Å². The van der Waals surface area contributed by atoms with E-state index in [2.05, 4.69) is 15.9 Å². The molecule has 0 aliphatic rings. The summed E-state index contributed by atoms with van der Waals surface area (Å²) < 4.78 is 6.57. The van der Waals surface area contributed by atoms with Crippen LogP contribution in [0.1, 0.15) is 27.2 Å². The number of benzene rings is 2. The minimum absolute atomic E-state index is 0.196. The molecular formula is C17H12BrClO2. The van der Waals surface area contributed by atoms with Gasteiger partial charge in [-0.05, 0) is 44.2 Å². The summed E-state index contributed by atoms with van der Waals surface area (Å²) in [6.07, 6.45) is 0. The average molecular weight is 364 g/mol. The quantitative estimate of drug-likeness (QED) is 0.547. The Labute approximate surface area is 135 Å². The van der Waals surface area contributed by atoms with Gasteiger partial charge in [-0.1, -0.05) is 39.2 Å². The van der Waals surface area contributed by atoms with E-state index in [1.165, 1.54) is 0 Å². The van der Waals surface area contributed by atoms with Crippen LogP contribution in [0.5, 0.6) is 0 Å². The van der Waals surface area contributed by atoms with Crippen LogP contribution >= 0.6 is 27.5 Å². The van der Waals surface area contributed by atoms with E-state index in [9.17, 15) is 4.79 Å². The molecule has 0 bridgehead atoms.